The Morgan fingerprint density at radius 2 is 1.43 bits per heavy atom. The second-order valence-electron chi connectivity index (χ2n) is 10.4. The minimum atomic E-state index is -4.06. The van der Waals surface area contributed by atoms with Crippen LogP contribution in [0.1, 0.15) is 58.6 Å². The predicted molar refractivity (Wildman–Crippen MR) is 145 cm³/mol. The summed E-state index contributed by atoms with van der Waals surface area (Å²) in [6.45, 7) is 10.4. The molecule has 1 amide bonds. The van der Waals surface area contributed by atoms with Gasteiger partial charge in [-0.2, -0.15) is 4.31 Å². The number of hydrogen-bond donors (Lipinski definition) is 2. The number of hydrogen-bond acceptors (Lipinski definition) is 7. The largest absolute Gasteiger partial charge is 0.443 e. The molecule has 0 aliphatic carbocycles. The van der Waals surface area contributed by atoms with Gasteiger partial charge in [0.15, 0.2) is 6.23 Å². The van der Waals surface area contributed by atoms with Crippen LogP contribution >= 0.6 is 0 Å². The minimum absolute atomic E-state index is 0.00537. The van der Waals surface area contributed by atoms with E-state index >= 15 is 0 Å². The lowest BCUT2D eigenvalue weighted by Gasteiger charge is -2.29. The van der Waals surface area contributed by atoms with Crippen molar-refractivity contribution < 1.29 is 31.5 Å². The molecule has 2 aromatic rings. The number of amides is 1. The number of nitrogens with zero attached hydrogens (tertiary/aromatic N) is 1. The predicted octanol–water partition coefficient (Wildman–Crippen LogP) is 3.84. The summed E-state index contributed by atoms with van der Waals surface area (Å²) < 4.78 is 56.4. The third kappa shape index (κ3) is 9.10. The Hall–Kier alpha value is -2.47. The van der Waals surface area contributed by atoms with Gasteiger partial charge in [-0.05, 0) is 62.8 Å². The monoisotopic (exact) mass is 554 g/mol. The quantitative estimate of drug-likeness (QED) is 0.427. The summed E-state index contributed by atoms with van der Waals surface area (Å²) in [6, 6.07) is 15.0. The fraction of sp³-hybridized carbons (Fsp3) is 0.500. The third-order valence-corrected chi connectivity index (χ3v) is 8.52. The molecule has 2 unspecified atom stereocenters. The van der Waals surface area contributed by atoms with E-state index in [1.807, 2.05) is 43.3 Å². The van der Waals surface area contributed by atoms with E-state index in [0.29, 0.717) is 16.4 Å². The van der Waals surface area contributed by atoms with Crippen LogP contribution in [0.4, 0.5) is 4.79 Å². The van der Waals surface area contributed by atoms with Crippen LogP contribution in [-0.4, -0.2) is 62.2 Å². The van der Waals surface area contributed by atoms with Crippen molar-refractivity contribution in [2.75, 3.05) is 12.8 Å². The highest BCUT2D eigenvalue weighted by molar-refractivity contribution is 7.90. The van der Waals surface area contributed by atoms with Gasteiger partial charge in [0, 0.05) is 13.0 Å². The fourth-order valence-electron chi connectivity index (χ4n) is 3.44. The maximum Gasteiger partial charge on any atom is 0.426 e. The lowest BCUT2D eigenvalue weighted by molar-refractivity contribution is 0.00309. The Labute approximate surface area is 220 Å². The molecule has 2 N–H and O–H groups in total. The highest BCUT2D eigenvalue weighted by Gasteiger charge is 2.34. The molecule has 0 bridgehead atoms. The first-order chi connectivity index (χ1) is 16.9. The van der Waals surface area contributed by atoms with Crippen LogP contribution in [0.5, 0.6) is 0 Å². The van der Waals surface area contributed by atoms with E-state index in [1.54, 1.807) is 46.8 Å². The average molecular weight is 555 g/mol. The highest BCUT2D eigenvalue weighted by Crippen LogP contribution is 2.24. The number of benzene rings is 2. The van der Waals surface area contributed by atoms with Crippen LogP contribution in [-0.2, 0) is 31.2 Å². The standard InChI is InChI=1S/C26H38N2O7S2/c1-18(2)37(33,34)27-17-19(3)21-12-14-23(15-13-21)22-10-8-20(9-11-22)16-24(29)28(36(7,31)32)25(30)35-26(4,5)6/h8-15,18-19,24,27,29H,16-17H2,1-7H3. The van der Waals surface area contributed by atoms with Crippen molar-refractivity contribution in [3.63, 3.8) is 0 Å². The number of aliphatic hydroxyl groups is 1. The molecule has 0 radical (unpaired) electrons. The normalized spacial score (nSPS) is 14.3. The van der Waals surface area contributed by atoms with Crippen molar-refractivity contribution in [3.05, 3.63) is 59.7 Å². The summed E-state index contributed by atoms with van der Waals surface area (Å²) in [7, 11) is -7.39. The molecule has 0 spiro atoms. The molecule has 0 aromatic heterocycles. The van der Waals surface area contributed by atoms with Gasteiger partial charge in [-0.25, -0.2) is 26.4 Å². The first-order valence-electron chi connectivity index (χ1n) is 12.0. The van der Waals surface area contributed by atoms with Crippen LogP contribution < -0.4 is 4.72 Å². The van der Waals surface area contributed by atoms with Crippen LogP contribution in [0, 0.1) is 0 Å². The van der Waals surface area contributed by atoms with Gasteiger partial charge in [0.2, 0.25) is 20.0 Å². The van der Waals surface area contributed by atoms with Crippen molar-refractivity contribution >= 4 is 26.1 Å². The number of aliphatic hydroxyl groups excluding tert-OH is 1. The van der Waals surface area contributed by atoms with Crippen molar-refractivity contribution in [1.29, 1.82) is 0 Å². The maximum absolute atomic E-state index is 12.4. The van der Waals surface area contributed by atoms with Crippen LogP contribution in [0.25, 0.3) is 11.1 Å². The molecule has 0 heterocycles. The molecule has 0 saturated heterocycles. The number of carbonyl (C=O) groups is 1. The Balaban J connectivity index is 2.10. The summed E-state index contributed by atoms with van der Waals surface area (Å²) in [6.07, 6.45) is -2.02. The molecule has 11 heteroatoms. The van der Waals surface area contributed by atoms with E-state index in [2.05, 4.69) is 4.72 Å². The number of sulfonamides is 2. The van der Waals surface area contributed by atoms with Crippen molar-refractivity contribution in [2.45, 2.75) is 71.0 Å². The van der Waals surface area contributed by atoms with Gasteiger partial charge in [-0.1, -0.05) is 55.5 Å². The molecule has 2 atom stereocenters. The highest BCUT2D eigenvalue weighted by atomic mass is 32.2. The van der Waals surface area contributed by atoms with Gasteiger partial charge in [-0.3, -0.25) is 0 Å². The summed E-state index contributed by atoms with van der Waals surface area (Å²) in [5, 5.41) is 10.1. The molecule has 0 aliphatic rings. The zero-order valence-electron chi connectivity index (χ0n) is 22.4. The van der Waals surface area contributed by atoms with Crippen molar-refractivity contribution in [2.24, 2.45) is 0 Å². The van der Waals surface area contributed by atoms with Crippen LogP contribution in [0.3, 0.4) is 0 Å². The molecular formula is C26H38N2O7S2. The zero-order valence-corrected chi connectivity index (χ0v) is 24.1. The van der Waals surface area contributed by atoms with E-state index in [9.17, 15) is 26.7 Å². The second kappa shape index (κ2) is 11.9. The molecule has 206 valence electrons. The molecule has 0 fully saturated rings. The summed E-state index contributed by atoms with van der Waals surface area (Å²) in [5.74, 6) is -0.00537. The molecular weight excluding hydrogens is 516 g/mol. The van der Waals surface area contributed by atoms with Crippen LogP contribution in [0.2, 0.25) is 0 Å². The van der Waals surface area contributed by atoms with Crippen molar-refractivity contribution in [1.82, 2.24) is 9.03 Å². The molecule has 2 aromatic carbocycles. The molecule has 0 aliphatic heterocycles. The Morgan fingerprint density at radius 3 is 1.86 bits per heavy atom. The van der Waals surface area contributed by atoms with Crippen LogP contribution in [0.15, 0.2) is 48.5 Å². The number of nitrogens with one attached hydrogen (secondary N) is 1. The van der Waals surface area contributed by atoms with Gasteiger partial charge in [0.25, 0.3) is 0 Å². The van der Waals surface area contributed by atoms with E-state index in [4.69, 9.17) is 4.74 Å². The fourth-order valence-corrected chi connectivity index (χ4v) is 5.08. The van der Waals surface area contributed by atoms with E-state index in [1.165, 1.54) is 0 Å². The lowest BCUT2D eigenvalue weighted by atomic mass is 9.97. The minimum Gasteiger partial charge on any atom is -0.443 e. The van der Waals surface area contributed by atoms with Gasteiger partial charge in [0.1, 0.15) is 5.60 Å². The lowest BCUT2D eigenvalue weighted by Crippen LogP contribution is -2.47. The summed E-state index contributed by atoms with van der Waals surface area (Å²) in [5.41, 5.74) is 2.56. The number of carbonyl (C=O) groups excluding carboxylic acids is 1. The van der Waals surface area contributed by atoms with E-state index in [-0.39, 0.29) is 12.3 Å². The first kappa shape index (κ1) is 30.8. The summed E-state index contributed by atoms with van der Waals surface area (Å²) in [4.78, 5) is 12.4. The number of ether oxygens (including phenoxy) is 1. The third-order valence-electron chi connectivity index (χ3n) is 5.60. The smallest absolute Gasteiger partial charge is 0.426 e. The van der Waals surface area contributed by atoms with Crippen molar-refractivity contribution in [3.8, 4) is 11.1 Å². The van der Waals surface area contributed by atoms with Gasteiger partial charge in [0.05, 0.1) is 11.5 Å². The Morgan fingerprint density at radius 1 is 0.946 bits per heavy atom. The summed E-state index contributed by atoms with van der Waals surface area (Å²) >= 11 is 0. The molecule has 0 saturated carbocycles. The van der Waals surface area contributed by atoms with E-state index < -0.39 is 43.2 Å². The topological polar surface area (TPSA) is 130 Å². The Kier molecular flexibility index (Phi) is 9.92. The second-order valence-corrected chi connectivity index (χ2v) is 14.6. The number of rotatable bonds is 10. The zero-order chi connectivity index (χ0) is 28.2. The average Bonchev–Trinajstić information content (AvgIpc) is 2.76. The molecule has 9 nitrogen and oxygen atoms in total. The van der Waals surface area contributed by atoms with Gasteiger partial charge in [-0.15, -0.1) is 0 Å². The van der Waals surface area contributed by atoms with E-state index in [0.717, 1.165) is 22.9 Å². The Bertz CT molecular complexity index is 1270. The molecule has 2 rings (SSSR count). The SMILES string of the molecule is CC(CNS(=O)(=O)C(C)C)c1ccc(-c2ccc(CC(O)N(C(=O)OC(C)(C)C)S(C)(=O)=O)cc2)cc1. The van der Waals surface area contributed by atoms with Gasteiger partial charge < -0.3 is 9.84 Å². The molecule has 37 heavy (non-hydrogen) atoms. The first-order valence-corrected chi connectivity index (χ1v) is 15.4. The maximum atomic E-state index is 12.4. The van der Waals surface area contributed by atoms with Gasteiger partial charge >= 0.3 is 6.09 Å².